The maximum atomic E-state index is 11.5. The fourth-order valence-electron chi connectivity index (χ4n) is 1.47. The molecule has 0 aliphatic rings. The van der Waals surface area contributed by atoms with Crippen LogP contribution in [0.3, 0.4) is 0 Å². The normalized spacial score (nSPS) is 10.4. The number of carbonyl (C=O) groups is 1. The molecule has 0 bridgehead atoms. The number of nitrogens with one attached hydrogen (secondary N) is 1. The molecule has 0 aliphatic heterocycles. The third-order valence-corrected chi connectivity index (χ3v) is 2.35. The Morgan fingerprint density at radius 3 is 3.05 bits per heavy atom. The van der Waals surface area contributed by atoms with Crippen molar-refractivity contribution in [2.24, 2.45) is 5.10 Å². The molecule has 20 heavy (non-hydrogen) atoms. The van der Waals surface area contributed by atoms with E-state index in [-0.39, 0.29) is 5.76 Å². The Labute approximate surface area is 116 Å². The van der Waals surface area contributed by atoms with E-state index in [1.54, 1.807) is 18.2 Å². The van der Waals surface area contributed by atoms with Gasteiger partial charge in [0.2, 0.25) is 0 Å². The van der Waals surface area contributed by atoms with E-state index in [0.29, 0.717) is 12.4 Å². The molecule has 2 aromatic rings. The van der Waals surface area contributed by atoms with Gasteiger partial charge in [0, 0.05) is 0 Å². The standard InChI is InChI=1S/C15H14N2O3/c1-2-8-19-13-6-3-5-12(10-13)11-16-17-15(18)14-7-4-9-20-14/h2-7,9-11H,1,8H2,(H,17,18)/b16-11+. The predicted octanol–water partition coefficient (Wildman–Crippen LogP) is 2.61. The van der Waals surface area contributed by atoms with Crippen molar-refractivity contribution >= 4 is 12.1 Å². The van der Waals surface area contributed by atoms with Crippen LogP contribution in [0.5, 0.6) is 5.75 Å². The molecule has 1 N–H and O–H groups in total. The average molecular weight is 270 g/mol. The van der Waals surface area contributed by atoms with Gasteiger partial charge in [-0.2, -0.15) is 5.10 Å². The van der Waals surface area contributed by atoms with E-state index in [1.807, 2.05) is 24.3 Å². The monoisotopic (exact) mass is 270 g/mol. The molecular weight excluding hydrogens is 256 g/mol. The summed E-state index contributed by atoms with van der Waals surface area (Å²) < 4.78 is 10.3. The summed E-state index contributed by atoms with van der Waals surface area (Å²) in [6.45, 7) is 4.02. The fourth-order valence-corrected chi connectivity index (χ4v) is 1.47. The first-order valence-corrected chi connectivity index (χ1v) is 6.00. The van der Waals surface area contributed by atoms with Crippen molar-refractivity contribution in [2.45, 2.75) is 0 Å². The lowest BCUT2D eigenvalue weighted by Gasteiger charge is -2.03. The van der Waals surface area contributed by atoms with Gasteiger partial charge in [0.25, 0.3) is 0 Å². The Balaban J connectivity index is 1.94. The molecule has 0 saturated carbocycles. The molecule has 1 amide bonds. The zero-order valence-electron chi connectivity index (χ0n) is 10.8. The summed E-state index contributed by atoms with van der Waals surface area (Å²) in [6, 6.07) is 10.5. The van der Waals surface area contributed by atoms with Gasteiger partial charge in [-0.25, -0.2) is 5.43 Å². The molecule has 0 radical (unpaired) electrons. The van der Waals surface area contributed by atoms with Gasteiger partial charge in [0.1, 0.15) is 12.4 Å². The number of hydrogen-bond donors (Lipinski definition) is 1. The van der Waals surface area contributed by atoms with Crippen molar-refractivity contribution in [1.29, 1.82) is 0 Å². The van der Waals surface area contributed by atoms with Gasteiger partial charge in [0.15, 0.2) is 5.76 Å². The predicted molar refractivity (Wildman–Crippen MR) is 75.9 cm³/mol. The molecule has 0 saturated heterocycles. The summed E-state index contributed by atoms with van der Waals surface area (Å²) in [7, 11) is 0. The minimum Gasteiger partial charge on any atom is -0.490 e. The first-order chi connectivity index (χ1) is 9.79. The maximum Gasteiger partial charge on any atom is 0.307 e. The highest BCUT2D eigenvalue weighted by atomic mass is 16.5. The highest BCUT2D eigenvalue weighted by Gasteiger charge is 2.05. The number of carbonyl (C=O) groups excluding carboxylic acids is 1. The zero-order chi connectivity index (χ0) is 14.2. The minimum atomic E-state index is -0.398. The molecule has 1 aromatic heterocycles. The van der Waals surface area contributed by atoms with Gasteiger partial charge in [-0.1, -0.05) is 24.8 Å². The van der Waals surface area contributed by atoms with Crippen LogP contribution >= 0.6 is 0 Å². The highest BCUT2D eigenvalue weighted by Crippen LogP contribution is 2.11. The second-order valence-corrected chi connectivity index (χ2v) is 3.85. The van der Waals surface area contributed by atoms with E-state index in [9.17, 15) is 4.79 Å². The molecule has 102 valence electrons. The van der Waals surface area contributed by atoms with Crippen LogP contribution in [-0.2, 0) is 0 Å². The number of benzene rings is 1. The van der Waals surface area contributed by atoms with Gasteiger partial charge < -0.3 is 9.15 Å². The Bertz CT molecular complexity index is 603. The van der Waals surface area contributed by atoms with Crippen LogP contribution in [0.1, 0.15) is 16.1 Å². The minimum absolute atomic E-state index is 0.213. The maximum absolute atomic E-state index is 11.5. The van der Waals surface area contributed by atoms with Gasteiger partial charge in [-0.3, -0.25) is 4.79 Å². The lowest BCUT2D eigenvalue weighted by Crippen LogP contribution is -2.16. The number of amides is 1. The van der Waals surface area contributed by atoms with Crippen LogP contribution < -0.4 is 10.2 Å². The summed E-state index contributed by atoms with van der Waals surface area (Å²) in [5.74, 6) is 0.529. The largest absolute Gasteiger partial charge is 0.490 e. The molecule has 0 spiro atoms. The van der Waals surface area contributed by atoms with Gasteiger partial charge >= 0.3 is 5.91 Å². The highest BCUT2D eigenvalue weighted by molar-refractivity contribution is 5.92. The number of ether oxygens (including phenoxy) is 1. The molecule has 0 aliphatic carbocycles. The molecule has 5 nitrogen and oxygen atoms in total. The third kappa shape index (κ3) is 3.84. The van der Waals surface area contributed by atoms with E-state index in [0.717, 1.165) is 5.56 Å². The van der Waals surface area contributed by atoms with Crippen LogP contribution in [0, 0.1) is 0 Å². The van der Waals surface area contributed by atoms with Gasteiger partial charge in [-0.05, 0) is 29.8 Å². The van der Waals surface area contributed by atoms with E-state index in [1.165, 1.54) is 12.5 Å². The molecule has 2 rings (SSSR count). The van der Waals surface area contributed by atoms with Crippen molar-refractivity contribution in [2.75, 3.05) is 6.61 Å². The zero-order valence-corrected chi connectivity index (χ0v) is 10.8. The van der Waals surface area contributed by atoms with Crippen LogP contribution in [0.2, 0.25) is 0 Å². The summed E-state index contributed by atoms with van der Waals surface area (Å²) in [5, 5.41) is 3.86. The molecule has 1 heterocycles. The van der Waals surface area contributed by atoms with Crippen molar-refractivity contribution in [3.05, 3.63) is 66.6 Å². The topological polar surface area (TPSA) is 63.8 Å². The van der Waals surface area contributed by atoms with Crippen molar-refractivity contribution in [1.82, 2.24) is 5.43 Å². The Kier molecular flexibility index (Phi) is 4.72. The third-order valence-electron chi connectivity index (χ3n) is 2.35. The molecule has 0 unspecified atom stereocenters. The van der Waals surface area contributed by atoms with Crippen molar-refractivity contribution in [3.8, 4) is 5.75 Å². The Morgan fingerprint density at radius 1 is 1.40 bits per heavy atom. The molecule has 0 fully saturated rings. The summed E-state index contributed by atoms with van der Waals surface area (Å²) in [6.07, 6.45) is 4.63. The summed E-state index contributed by atoms with van der Waals surface area (Å²) in [4.78, 5) is 11.5. The SMILES string of the molecule is C=CCOc1cccc(/C=N/NC(=O)c2ccco2)c1. The van der Waals surface area contributed by atoms with E-state index >= 15 is 0 Å². The van der Waals surface area contributed by atoms with E-state index < -0.39 is 5.91 Å². The summed E-state index contributed by atoms with van der Waals surface area (Å²) >= 11 is 0. The summed E-state index contributed by atoms with van der Waals surface area (Å²) in [5.41, 5.74) is 3.19. The molecule has 0 atom stereocenters. The van der Waals surface area contributed by atoms with Crippen LogP contribution in [0.15, 0.2) is 64.8 Å². The molecule has 5 heteroatoms. The number of hydrazone groups is 1. The van der Waals surface area contributed by atoms with Crippen LogP contribution in [-0.4, -0.2) is 18.7 Å². The van der Waals surface area contributed by atoms with E-state index in [4.69, 9.17) is 9.15 Å². The Morgan fingerprint density at radius 2 is 2.30 bits per heavy atom. The number of furan rings is 1. The van der Waals surface area contributed by atoms with E-state index in [2.05, 4.69) is 17.1 Å². The Hall–Kier alpha value is -2.82. The molecular formula is C15H14N2O3. The lowest BCUT2D eigenvalue weighted by atomic mass is 10.2. The number of rotatable bonds is 6. The second-order valence-electron chi connectivity index (χ2n) is 3.85. The first kappa shape index (κ1) is 13.6. The van der Waals surface area contributed by atoms with Gasteiger partial charge in [-0.15, -0.1) is 0 Å². The second kappa shape index (κ2) is 6.94. The van der Waals surface area contributed by atoms with Gasteiger partial charge in [0.05, 0.1) is 12.5 Å². The fraction of sp³-hybridized carbons (Fsp3) is 0.0667. The number of nitrogens with zero attached hydrogens (tertiary/aromatic N) is 1. The lowest BCUT2D eigenvalue weighted by molar-refractivity contribution is 0.0927. The van der Waals surface area contributed by atoms with Crippen LogP contribution in [0.4, 0.5) is 0 Å². The number of hydrogen-bond acceptors (Lipinski definition) is 4. The van der Waals surface area contributed by atoms with Crippen molar-refractivity contribution in [3.63, 3.8) is 0 Å². The smallest absolute Gasteiger partial charge is 0.307 e. The van der Waals surface area contributed by atoms with Crippen LogP contribution in [0.25, 0.3) is 0 Å². The quantitative estimate of drug-likeness (QED) is 0.498. The first-order valence-electron chi connectivity index (χ1n) is 6.00. The average Bonchev–Trinajstić information content (AvgIpc) is 3.00. The van der Waals surface area contributed by atoms with Crippen molar-refractivity contribution < 1.29 is 13.9 Å². The molecule has 1 aromatic carbocycles.